The fourth-order valence-electron chi connectivity index (χ4n) is 1.37. The Bertz CT molecular complexity index is 473. The van der Waals surface area contributed by atoms with E-state index >= 15 is 0 Å². The summed E-state index contributed by atoms with van der Waals surface area (Å²) in [5.74, 6) is -0.921. The van der Waals surface area contributed by atoms with Crippen molar-refractivity contribution in [3.05, 3.63) is 29.5 Å². The van der Waals surface area contributed by atoms with Gasteiger partial charge in [0.1, 0.15) is 0 Å². The molecule has 0 saturated carbocycles. The first kappa shape index (κ1) is 7.79. The highest BCUT2D eigenvalue weighted by molar-refractivity contribution is 6.02. The van der Waals surface area contributed by atoms with Crippen molar-refractivity contribution in [2.24, 2.45) is 0 Å². The molecular weight excluding hydrogens is 168 g/mol. The molecule has 0 atom stereocenters. The van der Waals surface area contributed by atoms with Crippen LogP contribution in [0.2, 0.25) is 0 Å². The number of carboxylic acids is 1. The van der Waals surface area contributed by atoms with Crippen molar-refractivity contribution in [2.45, 2.75) is 6.92 Å². The molecule has 1 aromatic carbocycles. The summed E-state index contributed by atoms with van der Waals surface area (Å²) >= 11 is 0. The zero-order valence-corrected chi connectivity index (χ0v) is 7.03. The molecule has 4 nitrogen and oxygen atoms in total. The molecule has 0 spiro atoms. The van der Waals surface area contributed by atoms with E-state index in [1.807, 2.05) is 13.0 Å². The van der Waals surface area contributed by atoms with E-state index in [0.29, 0.717) is 10.9 Å². The topological polar surface area (TPSA) is 66.0 Å². The molecule has 0 bridgehead atoms. The van der Waals surface area contributed by atoms with Crippen molar-refractivity contribution in [2.75, 3.05) is 0 Å². The van der Waals surface area contributed by atoms with Gasteiger partial charge in [-0.15, -0.1) is 0 Å². The van der Waals surface area contributed by atoms with Crippen molar-refractivity contribution in [3.63, 3.8) is 0 Å². The molecule has 0 amide bonds. The molecule has 0 radical (unpaired) electrons. The van der Waals surface area contributed by atoms with Gasteiger partial charge >= 0.3 is 5.97 Å². The molecule has 0 aliphatic heterocycles. The molecule has 1 heterocycles. The summed E-state index contributed by atoms with van der Waals surface area (Å²) in [6.07, 6.45) is 1.53. The van der Waals surface area contributed by atoms with Crippen molar-refractivity contribution >= 4 is 16.9 Å². The van der Waals surface area contributed by atoms with E-state index in [1.165, 1.54) is 6.20 Å². The van der Waals surface area contributed by atoms with Gasteiger partial charge < -0.3 is 5.11 Å². The van der Waals surface area contributed by atoms with Crippen molar-refractivity contribution in [1.29, 1.82) is 0 Å². The lowest BCUT2D eigenvalue weighted by Crippen LogP contribution is -1.97. The number of nitrogens with zero attached hydrogens (tertiary/aromatic N) is 1. The monoisotopic (exact) mass is 176 g/mol. The number of fused-ring (bicyclic) bond motifs is 1. The third-order valence-corrected chi connectivity index (χ3v) is 1.93. The van der Waals surface area contributed by atoms with Crippen LogP contribution in [-0.2, 0) is 0 Å². The summed E-state index contributed by atoms with van der Waals surface area (Å²) < 4.78 is 0. The number of hydrogen-bond acceptors (Lipinski definition) is 2. The van der Waals surface area contributed by atoms with Gasteiger partial charge in [-0.3, -0.25) is 5.10 Å². The van der Waals surface area contributed by atoms with E-state index in [9.17, 15) is 4.79 Å². The average molecular weight is 176 g/mol. The Morgan fingerprint density at radius 2 is 2.31 bits per heavy atom. The zero-order valence-electron chi connectivity index (χ0n) is 7.03. The number of benzene rings is 1. The fraction of sp³-hybridized carbons (Fsp3) is 0.111. The average Bonchev–Trinajstić information content (AvgIpc) is 2.49. The second kappa shape index (κ2) is 2.58. The number of carbonyl (C=O) groups is 1. The predicted molar refractivity (Wildman–Crippen MR) is 47.8 cm³/mol. The molecule has 2 rings (SSSR count). The van der Waals surface area contributed by atoms with Crippen LogP contribution in [0.5, 0.6) is 0 Å². The number of H-pyrrole nitrogens is 1. The van der Waals surface area contributed by atoms with E-state index in [1.54, 1.807) is 6.07 Å². The molecule has 0 fully saturated rings. The Morgan fingerprint density at radius 3 is 3.00 bits per heavy atom. The van der Waals surface area contributed by atoms with Gasteiger partial charge in [-0.2, -0.15) is 5.10 Å². The largest absolute Gasteiger partial charge is 0.478 e. The summed E-state index contributed by atoms with van der Waals surface area (Å²) in [7, 11) is 0. The highest BCUT2D eigenvalue weighted by Crippen LogP contribution is 2.18. The highest BCUT2D eigenvalue weighted by Gasteiger charge is 2.09. The fourth-order valence-corrected chi connectivity index (χ4v) is 1.37. The molecule has 2 N–H and O–H groups in total. The summed E-state index contributed by atoms with van der Waals surface area (Å²) in [5, 5.41) is 16.1. The smallest absolute Gasteiger partial charge is 0.336 e. The number of hydrogen-bond donors (Lipinski definition) is 2. The maximum absolute atomic E-state index is 10.8. The van der Waals surface area contributed by atoms with Crippen LogP contribution in [0.3, 0.4) is 0 Å². The number of aromatic amines is 1. The minimum atomic E-state index is -0.921. The Labute approximate surface area is 74.2 Å². The standard InChI is InChI=1S/C9H8N2O2/c1-5-2-6(9(12)13)7-4-10-11-8(7)3-5/h2-4H,1H3,(H,10,11)(H,12,13). The third kappa shape index (κ3) is 1.16. The Balaban J connectivity index is 2.84. The second-order valence-electron chi connectivity index (χ2n) is 2.95. The van der Waals surface area contributed by atoms with Crippen LogP contribution in [0, 0.1) is 6.92 Å². The van der Waals surface area contributed by atoms with Crippen LogP contribution < -0.4 is 0 Å². The van der Waals surface area contributed by atoms with Gasteiger partial charge in [0.15, 0.2) is 0 Å². The lowest BCUT2D eigenvalue weighted by Gasteiger charge is -1.98. The van der Waals surface area contributed by atoms with E-state index in [4.69, 9.17) is 5.11 Å². The van der Waals surface area contributed by atoms with Gasteiger partial charge in [-0.1, -0.05) is 0 Å². The van der Waals surface area contributed by atoms with Gasteiger partial charge in [0.05, 0.1) is 17.3 Å². The molecule has 1 aromatic heterocycles. The number of nitrogens with one attached hydrogen (secondary N) is 1. The summed E-state index contributed by atoms with van der Waals surface area (Å²) in [5.41, 5.74) is 1.97. The number of aromatic nitrogens is 2. The molecule has 4 heteroatoms. The van der Waals surface area contributed by atoms with Gasteiger partial charge in [0.2, 0.25) is 0 Å². The van der Waals surface area contributed by atoms with Crippen LogP contribution in [-0.4, -0.2) is 21.3 Å². The molecule has 2 aromatic rings. The molecule has 0 aliphatic carbocycles. The minimum absolute atomic E-state index is 0.295. The van der Waals surface area contributed by atoms with Crippen LogP contribution >= 0.6 is 0 Å². The first-order valence-corrected chi connectivity index (χ1v) is 3.85. The molecule has 0 unspecified atom stereocenters. The normalized spacial score (nSPS) is 10.5. The van der Waals surface area contributed by atoms with Gasteiger partial charge in [-0.25, -0.2) is 4.79 Å². The van der Waals surface area contributed by atoms with Crippen LogP contribution in [0.4, 0.5) is 0 Å². The van der Waals surface area contributed by atoms with Crippen molar-refractivity contribution in [3.8, 4) is 0 Å². The first-order chi connectivity index (χ1) is 6.18. The number of carboxylic acid groups (broad SMARTS) is 1. The van der Waals surface area contributed by atoms with E-state index in [0.717, 1.165) is 11.1 Å². The van der Waals surface area contributed by atoms with Gasteiger partial charge in [-0.05, 0) is 24.6 Å². The lowest BCUT2D eigenvalue weighted by atomic mass is 10.1. The van der Waals surface area contributed by atoms with Crippen molar-refractivity contribution in [1.82, 2.24) is 10.2 Å². The van der Waals surface area contributed by atoms with Gasteiger partial charge in [0.25, 0.3) is 0 Å². The Kier molecular flexibility index (Phi) is 1.55. The zero-order chi connectivity index (χ0) is 9.42. The molecular formula is C9H8N2O2. The third-order valence-electron chi connectivity index (χ3n) is 1.93. The van der Waals surface area contributed by atoms with Crippen LogP contribution in [0.25, 0.3) is 10.9 Å². The molecule has 13 heavy (non-hydrogen) atoms. The van der Waals surface area contributed by atoms with Crippen LogP contribution in [0.15, 0.2) is 18.3 Å². The van der Waals surface area contributed by atoms with E-state index in [-0.39, 0.29) is 0 Å². The predicted octanol–water partition coefficient (Wildman–Crippen LogP) is 1.57. The van der Waals surface area contributed by atoms with Crippen LogP contribution in [0.1, 0.15) is 15.9 Å². The first-order valence-electron chi connectivity index (χ1n) is 3.85. The SMILES string of the molecule is Cc1cc(C(=O)O)c2cn[nH]c2c1. The Hall–Kier alpha value is -1.84. The Morgan fingerprint density at radius 1 is 1.54 bits per heavy atom. The second-order valence-corrected chi connectivity index (χ2v) is 2.95. The number of rotatable bonds is 1. The minimum Gasteiger partial charge on any atom is -0.478 e. The van der Waals surface area contributed by atoms with Crippen molar-refractivity contribution < 1.29 is 9.90 Å². The number of aryl methyl sites for hydroxylation is 1. The van der Waals surface area contributed by atoms with E-state index < -0.39 is 5.97 Å². The number of aromatic carboxylic acids is 1. The van der Waals surface area contributed by atoms with E-state index in [2.05, 4.69) is 10.2 Å². The highest BCUT2D eigenvalue weighted by atomic mass is 16.4. The molecule has 0 saturated heterocycles. The summed E-state index contributed by atoms with van der Waals surface area (Å²) in [6.45, 7) is 1.85. The lowest BCUT2D eigenvalue weighted by molar-refractivity contribution is 0.0699. The molecule has 66 valence electrons. The maximum Gasteiger partial charge on any atom is 0.336 e. The quantitative estimate of drug-likeness (QED) is 0.693. The summed E-state index contributed by atoms with van der Waals surface area (Å²) in [4.78, 5) is 10.8. The van der Waals surface area contributed by atoms with Gasteiger partial charge in [0, 0.05) is 5.39 Å². The summed E-state index contributed by atoms with van der Waals surface area (Å²) in [6, 6.07) is 3.51. The molecule has 0 aliphatic rings. The maximum atomic E-state index is 10.8.